The van der Waals surface area contributed by atoms with Crippen LogP contribution in [-0.4, -0.2) is 18.1 Å². The van der Waals surface area contributed by atoms with Gasteiger partial charge in [0.15, 0.2) is 0 Å². The summed E-state index contributed by atoms with van der Waals surface area (Å²) in [5, 5.41) is 3.24. The fraction of sp³-hybridized carbons (Fsp3) is 0.154. The molecule has 0 bridgehead atoms. The molecule has 0 saturated carbocycles. The molecule has 1 aromatic heterocycles. The summed E-state index contributed by atoms with van der Waals surface area (Å²) in [6.45, 7) is 1.39. The van der Waals surface area contributed by atoms with Gasteiger partial charge in [-0.2, -0.15) is 0 Å². The molecular formula is C13H13N2O. The van der Waals surface area contributed by atoms with E-state index in [2.05, 4.69) is 16.4 Å². The molecule has 1 aromatic carbocycles. The van der Waals surface area contributed by atoms with E-state index < -0.39 is 0 Å². The fourth-order valence-electron chi connectivity index (χ4n) is 1.30. The van der Waals surface area contributed by atoms with E-state index in [0.717, 1.165) is 18.0 Å². The molecule has 0 unspecified atom stereocenters. The smallest absolute Gasteiger partial charge is 0.120 e. The highest BCUT2D eigenvalue weighted by molar-refractivity contribution is 5.40. The molecule has 0 aliphatic carbocycles. The Labute approximate surface area is 95.1 Å². The lowest BCUT2D eigenvalue weighted by molar-refractivity contribution is 0.333. The van der Waals surface area contributed by atoms with Crippen LogP contribution in [0.2, 0.25) is 0 Å². The van der Waals surface area contributed by atoms with E-state index in [1.165, 1.54) is 0 Å². The van der Waals surface area contributed by atoms with Crippen molar-refractivity contribution in [1.29, 1.82) is 0 Å². The van der Waals surface area contributed by atoms with Crippen molar-refractivity contribution in [3.63, 3.8) is 0 Å². The first-order valence-corrected chi connectivity index (χ1v) is 5.18. The molecule has 0 aliphatic rings. The predicted molar refractivity (Wildman–Crippen MR) is 63.5 cm³/mol. The van der Waals surface area contributed by atoms with Crippen LogP contribution < -0.4 is 10.1 Å². The largest absolute Gasteiger partial charge is 0.492 e. The molecular weight excluding hydrogens is 200 g/mol. The number of hydrogen-bond acceptors (Lipinski definition) is 3. The highest BCUT2D eigenvalue weighted by Crippen LogP contribution is 2.07. The molecule has 0 saturated heterocycles. The van der Waals surface area contributed by atoms with Crippen LogP contribution in [-0.2, 0) is 0 Å². The molecule has 81 valence electrons. The van der Waals surface area contributed by atoms with Crippen molar-refractivity contribution in [2.45, 2.75) is 0 Å². The summed E-state index contributed by atoms with van der Waals surface area (Å²) in [6.07, 6.45) is 3.52. The van der Waals surface area contributed by atoms with Gasteiger partial charge in [0, 0.05) is 24.6 Å². The van der Waals surface area contributed by atoms with E-state index in [1.54, 1.807) is 12.4 Å². The van der Waals surface area contributed by atoms with Crippen molar-refractivity contribution in [3.05, 3.63) is 54.9 Å². The van der Waals surface area contributed by atoms with Gasteiger partial charge in [0.1, 0.15) is 12.4 Å². The molecule has 3 heteroatoms. The zero-order valence-corrected chi connectivity index (χ0v) is 8.89. The average molecular weight is 213 g/mol. The van der Waals surface area contributed by atoms with Crippen molar-refractivity contribution in [1.82, 2.24) is 4.98 Å². The number of nitrogens with one attached hydrogen (secondary N) is 1. The van der Waals surface area contributed by atoms with Gasteiger partial charge in [-0.25, -0.2) is 0 Å². The lowest BCUT2D eigenvalue weighted by atomic mass is 10.3. The van der Waals surface area contributed by atoms with E-state index in [-0.39, 0.29) is 0 Å². The van der Waals surface area contributed by atoms with E-state index in [0.29, 0.717) is 6.61 Å². The quantitative estimate of drug-likeness (QED) is 0.774. The van der Waals surface area contributed by atoms with Crippen LogP contribution in [0.1, 0.15) is 0 Å². The van der Waals surface area contributed by atoms with E-state index in [1.807, 2.05) is 36.4 Å². The average Bonchev–Trinajstić information content (AvgIpc) is 2.37. The first-order valence-electron chi connectivity index (χ1n) is 5.18. The summed E-state index contributed by atoms with van der Waals surface area (Å²) < 4.78 is 5.52. The third kappa shape index (κ3) is 3.28. The third-order valence-corrected chi connectivity index (χ3v) is 2.06. The molecule has 1 N–H and O–H groups in total. The van der Waals surface area contributed by atoms with Gasteiger partial charge < -0.3 is 10.1 Å². The molecule has 0 atom stereocenters. The summed E-state index contributed by atoms with van der Waals surface area (Å²) >= 11 is 0. The first kappa shape index (κ1) is 10.5. The fourth-order valence-corrected chi connectivity index (χ4v) is 1.30. The van der Waals surface area contributed by atoms with Crippen LogP contribution in [0, 0.1) is 6.07 Å². The molecule has 1 heterocycles. The number of nitrogens with zero attached hydrogens (tertiary/aromatic N) is 1. The summed E-state index contributed by atoms with van der Waals surface area (Å²) in [4.78, 5) is 3.95. The molecule has 16 heavy (non-hydrogen) atoms. The maximum atomic E-state index is 5.52. The van der Waals surface area contributed by atoms with Gasteiger partial charge in [0.25, 0.3) is 0 Å². The third-order valence-electron chi connectivity index (χ3n) is 2.06. The predicted octanol–water partition coefficient (Wildman–Crippen LogP) is 2.37. The van der Waals surface area contributed by atoms with Crippen molar-refractivity contribution >= 4 is 5.69 Å². The van der Waals surface area contributed by atoms with E-state index in [9.17, 15) is 0 Å². The second-order valence-corrected chi connectivity index (χ2v) is 3.25. The van der Waals surface area contributed by atoms with Crippen molar-refractivity contribution in [3.8, 4) is 5.75 Å². The Bertz CT molecular complexity index is 361. The van der Waals surface area contributed by atoms with Crippen LogP contribution in [0.4, 0.5) is 5.69 Å². The summed E-state index contributed by atoms with van der Waals surface area (Å²) in [5.41, 5.74) is 1.05. The minimum Gasteiger partial charge on any atom is -0.492 e. The Balaban J connectivity index is 1.70. The van der Waals surface area contributed by atoms with Gasteiger partial charge in [-0.05, 0) is 30.3 Å². The van der Waals surface area contributed by atoms with Gasteiger partial charge in [-0.3, -0.25) is 4.98 Å². The van der Waals surface area contributed by atoms with Crippen molar-refractivity contribution in [2.75, 3.05) is 18.5 Å². The Hall–Kier alpha value is -2.03. The summed E-state index contributed by atoms with van der Waals surface area (Å²) in [5.74, 6) is 0.846. The van der Waals surface area contributed by atoms with E-state index >= 15 is 0 Å². The van der Waals surface area contributed by atoms with Gasteiger partial charge in [0.2, 0.25) is 0 Å². The monoisotopic (exact) mass is 213 g/mol. The number of pyridine rings is 1. The number of benzene rings is 1. The maximum absolute atomic E-state index is 5.52. The van der Waals surface area contributed by atoms with Gasteiger partial charge in [-0.15, -0.1) is 0 Å². The zero-order chi connectivity index (χ0) is 11.1. The Kier molecular flexibility index (Phi) is 3.77. The standard InChI is InChI=1S/C13H13N2O/c1-2-4-13(5-3-1)16-11-10-15-12-6-8-14-9-7-12/h1-2,4-9H,10-11H2,(H,14,15). The van der Waals surface area contributed by atoms with E-state index in [4.69, 9.17) is 4.74 Å². The zero-order valence-electron chi connectivity index (χ0n) is 8.89. The van der Waals surface area contributed by atoms with Crippen LogP contribution in [0.5, 0.6) is 5.75 Å². The number of anilines is 1. The molecule has 2 aromatic rings. The molecule has 3 nitrogen and oxygen atoms in total. The summed E-state index contributed by atoms with van der Waals surface area (Å²) in [7, 11) is 0. The molecule has 1 radical (unpaired) electrons. The van der Waals surface area contributed by atoms with Gasteiger partial charge >= 0.3 is 0 Å². The van der Waals surface area contributed by atoms with Crippen LogP contribution in [0.25, 0.3) is 0 Å². The first-order chi connectivity index (χ1) is 7.95. The van der Waals surface area contributed by atoms with Crippen molar-refractivity contribution < 1.29 is 4.74 Å². The minimum absolute atomic E-state index is 0.625. The normalized spacial score (nSPS) is 9.75. The molecule has 0 amide bonds. The topological polar surface area (TPSA) is 34.1 Å². The number of ether oxygens (including phenoxy) is 1. The number of aromatic nitrogens is 1. The lowest BCUT2D eigenvalue weighted by Gasteiger charge is -2.07. The minimum atomic E-state index is 0.625. The second-order valence-electron chi connectivity index (χ2n) is 3.25. The molecule has 2 rings (SSSR count). The van der Waals surface area contributed by atoms with Gasteiger partial charge in [-0.1, -0.05) is 12.1 Å². The van der Waals surface area contributed by atoms with Crippen molar-refractivity contribution in [2.24, 2.45) is 0 Å². The summed E-state index contributed by atoms with van der Waals surface area (Å²) in [6, 6.07) is 14.3. The highest BCUT2D eigenvalue weighted by atomic mass is 16.5. The SMILES string of the molecule is [c]1cccc(OCCNc2ccncc2)c1. The molecule has 0 spiro atoms. The maximum Gasteiger partial charge on any atom is 0.120 e. The van der Waals surface area contributed by atoms with Crippen LogP contribution in [0.15, 0.2) is 48.8 Å². The number of rotatable bonds is 5. The Morgan fingerprint density at radius 3 is 2.88 bits per heavy atom. The highest BCUT2D eigenvalue weighted by Gasteiger charge is 1.92. The molecule has 0 aliphatic heterocycles. The Morgan fingerprint density at radius 1 is 1.25 bits per heavy atom. The number of hydrogen-bond donors (Lipinski definition) is 1. The molecule has 0 fully saturated rings. The van der Waals surface area contributed by atoms with Crippen LogP contribution in [0.3, 0.4) is 0 Å². The van der Waals surface area contributed by atoms with Crippen LogP contribution >= 0.6 is 0 Å². The van der Waals surface area contributed by atoms with Gasteiger partial charge in [0.05, 0.1) is 0 Å². The lowest BCUT2D eigenvalue weighted by Crippen LogP contribution is -2.11. The second kappa shape index (κ2) is 5.75. The Morgan fingerprint density at radius 2 is 2.12 bits per heavy atom.